The maximum Gasteiger partial charge on any atom is 0.0764 e. The molecular weight excluding hydrogens is 224 g/mol. The van der Waals surface area contributed by atoms with Crippen LogP contribution in [0.15, 0.2) is 12.3 Å². The summed E-state index contributed by atoms with van der Waals surface area (Å²) < 4.78 is 2.04. The highest BCUT2D eigenvalue weighted by molar-refractivity contribution is 5.00. The van der Waals surface area contributed by atoms with Gasteiger partial charge in [-0.1, -0.05) is 6.92 Å². The Morgan fingerprint density at radius 2 is 2.11 bits per heavy atom. The molecule has 1 aliphatic rings. The third-order valence-corrected chi connectivity index (χ3v) is 3.66. The van der Waals surface area contributed by atoms with Crippen LogP contribution in [0.5, 0.6) is 0 Å². The van der Waals surface area contributed by atoms with Gasteiger partial charge in [-0.2, -0.15) is 5.10 Å². The molecule has 102 valence electrons. The van der Waals surface area contributed by atoms with Crippen LogP contribution in [0.25, 0.3) is 0 Å². The zero-order chi connectivity index (χ0) is 13.0. The number of nitrogens with one attached hydrogen (secondary N) is 1. The SMILES string of the molecule is CCNC1CCN(Cc2ccn(C(C)C)n2)CC1. The van der Waals surface area contributed by atoms with Crippen molar-refractivity contribution in [2.45, 2.75) is 52.2 Å². The van der Waals surface area contributed by atoms with Crippen LogP contribution >= 0.6 is 0 Å². The van der Waals surface area contributed by atoms with Gasteiger partial charge in [0.05, 0.1) is 5.69 Å². The molecule has 1 aliphatic heterocycles. The van der Waals surface area contributed by atoms with Crippen LogP contribution in [0, 0.1) is 0 Å². The number of piperidine rings is 1. The van der Waals surface area contributed by atoms with Gasteiger partial charge in [-0.15, -0.1) is 0 Å². The van der Waals surface area contributed by atoms with Crippen LogP contribution in [0.3, 0.4) is 0 Å². The lowest BCUT2D eigenvalue weighted by atomic mass is 10.1. The van der Waals surface area contributed by atoms with E-state index in [2.05, 4.69) is 48.3 Å². The second-order valence-electron chi connectivity index (χ2n) is 5.49. The maximum absolute atomic E-state index is 4.62. The summed E-state index contributed by atoms with van der Waals surface area (Å²) in [6.07, 6.45) is 4.61. The van der Waals surface area contributed by atoms with E-state index in [1.54, 1.807) is 0 Å². The molecule has 0 aliphatic carbocycles. The zero-order valence-corrected chi connectivity index (χ0v) is 11.9. The largest absolute Gasteiger partial charge is 0.314 e. The molecular formula is C14H26N4. The first-order valence-corrected chi connectivity index (χ1v) is 7.18. The monoisotopic (exact) mass is 250 g/mol. The molecule has 0 amide bonds. The summed E-state index contributed by atoms with van der Waals surface area (Å²) in [4.78, 5) is 2.51. The second kappa shape index (κ2) is 6.34. The first-order chi connectivity index (χ1) is 8.69. The van der Waals surface area contributed by atoms with Crippen molar-refractivity contribution in [2.24, 2.45) is 0 Å². The van der Waals surface area contributed by atoms with Crippen LogP contribution in [0.4, 0.5) is 0 Å². The third kappa shape index (κ3) is 3.56. The Kier molecular flexibility index (Phi) is 4.78. The fourth-order valence-corrected chi connectivity index (χ4v) is 2.56. The number of hydrogen-bond acceptors (Lipinski definition) is 3. The van der Waals surface area contributed by atoms with E-state index in [1.807, 2.05) is 4.68 Å². The highest BCUT2D eigenvalue weighted by atomic mass is 15.3. The van der Waals surface area contributed by atoms with E-state index in [1.165, 1.54) is 31.6 Å². The molecule has 0 radical (unpaired) electrons. The Hall–Kier alpha value is -0.870. The number of nitrogens with zero attached hydrogens (tertiary/aromatic N) is 3. The zero-order valence-electron chi connectivity index (χ0n) is 11.9. The number of aromatic nitrogens is 2. The summed E-state index contributed by atoms with van der Waals surface area (Å²) in [5, 5.41) is 8.16. The molecule has 1 aromatic heterocycles. The van der Waals surface area contributed by atoms with E-state index in [4.69, 9.17) is 0 Å². The van der Waals surface area contributed by atoms with Crippen LogP contribution in [0.2, 0.25) is 0 Å². The van der Waals surface area contributed by atoms with Crippen LogP contribution in [0.1, 0.15) is 45.3 Å². The van der Waals surface area contributed by atoms with Gasteiger partial charge in [0.15, 0.2) is 0 Å². The quantitative estimate of drug-likeness (QED) is 0.868. The number of rotatable bonds is 5. The number of likely N-dealkylation sites (tertiary alicyclic amines) is 1. The summed E-state index contributed by atoms with van der Waals surface area (Å²) in [7, 11) is 0. The van der Waals surface area contributed by atoms with Crippen LogP contribution in [-0.4, -0.2) is 40.4 Å². The van der Waals surface area contributed by atoms with Crippen LogP contribution < -0.4 is 5.32 Å². The summed E-state index contributed by atoms with van der Waals surface area (Å²) in [6, 6.07) is 3.33. The van der Waals surface area contributed by atoms with Gasteiger partial charge < -0.3 is 5.32 Å². The molecule has 0 spiro atoms. The fraction of sp³-hybridized carbons (Fsp3) is 0.786. The molecule has 18 heavy (non-hydrogen) atoms. The van der Waals surface area contributed by atoms with Crippen molar-refractivity contribution in [2.75, 3.05) is 19.6 Å². The fourth-order valence-electron chi connectivity index (χ4n) is 2.56. The normalized spacial score (nSPS) is 18.7. The average molecular weight is 250 g/mol. The van der Waals surface area contributed by atoms with E-state index in [0.717, 1.165) is 19.1 Å². The van der Waals surface area contributed by atoms with E-state index in [-0.39, 0.29) is 0 Å². The molecule has 0 bridgehead atoms. The predicted molar refractivity (Wildman–Crippen MR) is 74.6 cm³/mol. The summed E-state index contributed by atoms with van der Waals surface area (Å²) in [6.45, 7) is 11.0. The summed E-state index contributed by atoms with van der Waals surface area (Å²) in [5.41, 5.74) is 1.20. The molecule has 0 unspecified atom stereocenters. The molecule has 2 rings (SSSR count). The van der Waals surface area contributed by atoms with Gasteiger partial charge in [-0.25, -0.2) is 0 Å². The van der Waals surface area contributed by atoms with Crippen molar-refractivity contribution in [1.29, 1.82) is 0 Å². The average Bonchev–Trinajstić information content (AvgIpc) is 2.81. The first-order valence-electron chi connectivity index (χ1n) is 7.18. The molecule has 1 saturated heterocycles. The van der Waals surface area contributed by atoms with Crippen molar-refractivity contribution < 1.29 is 0 Å². The Morgan fingerprint density at radius 3 is 2.67 bits per heavy atom. The lowest BCUT2D eigenvalue weighted by Crippen LogP contribution is -2.42. The summed E-state index contributed by atoms with van der Waals surface area (Å²) in [5.74, 6) is 0. The molecule has 4 heteroatoms. The Bertz CT molecular complexity index is 350. The summed E-state index contributed by atoms with van der Waals surface area (Å²) >= 11 is 0. The maximum atomic E-state index is 4.62. The van der Waals surface area contributed by atoms with Crippen LogP contribution in [-0.2, 0) is 6.54 Å². The van der Waals surface area contributed by atoms with E-state index in [0.29, 0.717) is 6.04 Å². The Morgan fingerprint density at radius 1 is 1.39 bits per heavy atom. The lowest BCUT2D eigenvalue weighted by Gasteiger charge is -2.31. The molecule has 1 aromatic rings. The molecule has 2 heterocycles. The smallest absolute Gasteiger partial charge is 0.0764 e. The number of hydrogen-bond donors (Lipinski definition) is 1. The second-order valence-corrected chi connectivity index (χ2v) is 5.49. The highest BCUT2D eigenvalue weighted by Gasteiger charge is 2.18. The highest BCUT2D eigenvalue weighted by Crippen LogP contribution is 2.13. The van der Waals surface area contributed by atoms with Crippen molar-refractivity contribution in [3.05, 3.63) is 18.0 Å². The minimum absolute atomic E-state index is 0.457. The van der Waals surface area contributed by atoms with Crippen molar-refractivity contribution in [1.82, 2.24) is 20.0 Å². The van der Waals surface area contributed by atoms with Crippen molar-refractivity contribution in [3.8, 4) is 0 Å². The van der Waals surface area contributed by atoms with E-state index < -0.39 is 0 Å². The van der Waals surface area contributed by atoms with E-state index in [9.17, 15) is 0 Å². The van der Waals surface area contributed by atoms with Gasteiger partial charge in [-0.05, 0) is 39.3 Å². The molecule has 4 nitrogen and oxygen atoms in total. The van der Waals surface area contributed by atoms with Gasteiger partial charge in [-0.3, -0.25) is 9.58 Å². The Labute approximate surface area is 110 Å². The topological polar surface area (TPSA) is 33.1 Å². The van der Waals surface area contributed by atoms with Gasteiger partial charge in [0.25, 0.3) is 0 Å². The predicted octanol–water partition coefficient (Wildman–Crippen LogP) is 2.04. The first kappa shape index (κ1) is 13.6. The third-order valence-electron chi connectivity index (χ3n) is 3.66. The van der Waals surface area contributed by atoms with Gasteiger partial charge in [0, 0.05) is 37.9 Å². The van der Waals surface area contributed by atoms with Crippen molar-refractivity contribution in [3.63, 3.8) is 0 Å². The molecule has 1 fully saturated rings. The van der Waals surface area contributed by atoms with Gasteiger partial charge in [0.1, 0.15) is 0 Å². The lowest BCUT2D eigenvalue weighted by molar-refractivity contribution is 0.189. The minimum Gasteiger partial charge on any atom is -0.314 e. The van der Waals surface area contributed by atoms with Gasteiger partial charge in [0.2, 0.25) is 0 Å². The minimum atomic E-state index is 0.457. The van der Waals surface area contributed by atoms with E-state index >= 15 is 0 Å². The molecule has 0 saturated carbocycles. The molecule has 0 atom stereocenters. The standard InChI is InChI=1S/C14H26N4/c1-4-15-13-5-8-17(9-6-13)11-14-7-10-18(16-14)12(2)3/h7,10,12-13,15H,4-6,8-9,11H2,1-3H3. The molecule has 0 aromatic carbocycles. The van der Waals surface area contributed by atoms with Gasteiger partial charge >= 0.3 is 0 Å². The molecule has 1 N–H and O–H groups in total. The van der Waals surface area contributed by atoms with Crippen molar-refractivity contribution >= 4 is 0 Å². The Balaban J connectivity index is 1.80.